The highest BCUT2D eigenvalue weighted by Crippen LogP contribution is 2.34. The van der Waals surface area contributed by atoms with E-state index >= 15 is 0 Å². The van der Waals surface area contributed by atoms with Crippen molar-refractivity contribution < 1.29 is 13.7 Å². The molecular formula is C21H17FN4O2. The zero-order valence-corrected chi connectivity index (χ0v) is 15.0. The number of nitrogens with one attached hydrogen (secondary N) is 1. The van der Waals surface area contributed by atoms with Gasteiger partial charge >= 0.3 is 0 Å². The number of aromatic nitrogens is 2. The highest BCUT2D eigenvalue weighted by atomic mass is 19.1. The van der Waals surface area contributed by atoms with Crippen LogP contribution in [0.15, 0.2) is 47.0 Å². The first kappa shape index (κ1) is 17.9. The summed E-state index contributed by atoms with van der Waals surface area (Å²) in [5.74, 6) is 0.0959. The van der Waals surface area contributed by atoms with Gasteiger partial charge in [0.05, 0.1) is 17.2 Å². The third-order valence-corrected chi connectivity index (χ3v) is 4.87. The van der Waals surface area contributed by atoms with Crippen molar-refractivity contribution in [1.29, 1.82) is 5.26 Å². The third-order valence-electron chi connectivity index (χ3n) is 4.87. The lowest BCUT2D eigenvalue weighted by atomic mass is 10.1. The van der Waals surface area contributed by atoms with Crippen LogP contribution in [0.2, 0.25) is 0 Å². The van der Waals surface area contributed by atoms with E-state index in [4.69, 9.17) is 9.78 Å². The summed E-state index contributed by atoms with van der Waals surface area (Å²) in [7, 11) is 0. The maximum Gasteiger partial charge on any atom is 0.258 e. The normalized spacial score (nSPS) is 14.0. The topological polar surface area (TPSA) is 91.8 Å². The first-order valence-electron chi connectivity index (χ1n) is 9.09. The third kappa shape index (κ3) is 3.62. The van der Waals surface area contributed by atoms with E-state index < -0.39 is 11.7 Å². The maximum atomic E-state index is 14.0. The molecule has 4 rings (SSSR count). The summed E-state index contributed by atoms with van der Waals surface area (Å²) in [6.07, 6.45) is 4.48. The second-order valence-electron chi connectivity index (χ2n) is 6.78. The van der Waals surface area contributed by atoms with E-state index in [2.05, 4.69) is 15.5 Å². The van der Waals surface area contributed by atoms with Crippen molar-refractivity contribution in [3.63, 3.8) is 0 Å². The fraction of sp³-hybridized carbons (Fsp3) is 0.238. The molecule has 2 aromatic carbocycles. The Morgan fingerprint density at radius 1 is 1.21 bits per heavy atom. The van der Waals surface area contributed by atoms with Gasteiger partial charge in [0, 0.05) is 17.2 Å². The number of nitriles is 1. The van der Waals surface area contributed by atoms with Crippen LogP contribution in [0.25, 0.3) is 11.4 Å². The first-order valence-corrected chi connectivity index (χ1v) is 9.09. The van der Waals surface area contributed by atoms with E-state index in [1.165, 1.54) is 25.0 Å². The molecule has 7 heteroatoms. The van der Waals surface area contributed by atoms with Gasteiger partial charge in [0.25, 0.3) is 5.91 Å². The van der Waals surface area contributed by atoms with Crippen LogP contribution in [0.3, 0.4) is 0 Å². The molecular weight excluding hydrogens is 359 g/mol. The Labute approximate surface area is 161 Å². The average molecular weight is 376 g/mol. The molecule has 0 aliphatic heterocycles. The molecule has 0 radical (unpaired) electrons. The summed E-state index contributed by atoms with van der Waals surface area (Å²) >= 11 is 0. The Hall–Kier alpha value is -3.53. The summed E-state index contributed by atoms with van der Waals surface area (Å²) in [5.41, 5.74) is 1.21. The minimum absolute atomic E-state index is 0.132. The van der Waals surface area contributed by atoms with Crippen LogP contribution >= 0.6 is 0 Å². The molecule has 6 nitrogen and oxygen atoms in total. The van der Waals surface area contributed by atoms with Crippen LogP contribution in [0.1, 0.15) is 53.4 Å². The molecule has 1 aliphatic carbocycles. The number of nitrogens with zero attached hydrogens (tertiary/aromatic N) is 3. The van der Waals surface area contributed by atoms with Gasteiger partial charge in [-0.3, -0.25) is 4.79 Å². The van der Waals surface area contributed by atoms with E-state index in [0.29, 0.717) is 28.9 Å². The number of anilines is 1. The van der Waals surface area contributed by atoms with E-state index in [1.54, 1.807) is 18.2 Å². The van der Waals surface area contributed by atoms with Crippen LogP contribution < -0.4 is 5.32 Å². The van der Waals surface area contributed by atoms with Crippen LogP contribution in [0.4, 0.5) is 10.1 Å². The molecule has 0 unspecified atom stereocenters. The fourth-order valence-electron chi connectivity index (χ4n) is 3.39. The number of carbonyl (C=O) groups is 1. The molecule has 1 heterocycles. The number of carbonyl (C=O) groups excluding carboxylic acids is 1. The molecule has 1 amide bonds. The van der Waals surface area contributed by atoms with Gasteiger partial charge in [0.1, 0.15) is 5.82 Å². The monoisotopic (exact) mass is 376 g/mol. The van der Waals surface area contributed by atoms with Crippen molar-refractivity contribution in [3.8, 4) is 17.5 Å². The molecule has 0 spiro atoms. The number of halogens is 1. The van der Waals surface area contributed by atoms with Crippen LogP contribution in [0, 0.1) is 17.1 Å². The van der Waals surface area contributed by atoms with E-state index in [-0.39, 0.29) is 11.1 Å². The lowest BCUT2D eigenvalue weighted by Crippen LogP contribution is -2.13. The smallest absolute Gasteiger partial charge is 0.258 e. The molecule has 3 aromatic rings. The predicted octanol–water partition coefficient (Wildman–Crippen LogP) is 4.66. The lowest BCUT2D eigenvalue weighted by molar-refractivity contribution is 0.102. The molecule has 0 saturated heterocycles. The Kier molecular flexibility index (Phi) is 4.85. The SMILES string of the molecule is N#Cc1ccc(C(=O)Nc2cccc(-c3noc(C4CCCC4)n3)c2)c(F)c1. The highest BCUT2D eigenvalue weighted by molar-refractivity contribution is 6.04. The first-order chi connectivity index (χ1) is 13.6. The lowest BCUT2D eigenvalue weighted by Gasteiger charge is -2.07. The summed E-state index contributed by atoms with van der Waals surface area (Å²) in [5, 5.41) is 15.5. The van der Waals surface area contributed by atoms with Crippen molar-refractivity contribution in [2.75, 3.05) is 5.32 Å². The summed E-state index contributed by atoms with van der Waals surface area (Å²) in [4.78, 5) is 16.9. The molecule has 1 aliphatic rings. The van der Waals surface area contributed by atoms with Gasteiger partial charge in [0.2, 0.25) is 11.7 Å². The zero-order chi connectivity index (χ0) is 19.5. The second kappa shape index (κ2) is 7.61. The number of amides is 1. The molecule has 1 fully saturated rings. The molecule has 1 aromatic heterocycles. The molecule has 0 bridgehead atoms. The van der Waals surface area contributed by atoms with Gasteiger partial charge in [-0.25, -0.2) is 4.39 Å². The Morgan fingerprint density at radius 2 is 2.04 bits per heavy atom. The number of benzene rings is 2. The van der Waals surface area contributed by atoms with Crippen molar-refractivity contribution in [3.05, 3.63) is 65.3 Å². The minimum Gasteiger partial charge on any atom is -0.339 e. The van der Waals surface area contributed by atoms with Crippen molar-refractivity contribution in [2.45, 2.75) is 31.6 Å². The van der Waals surface area contributed by atoms with Crippen molar-refractivity contribution in [1.82, 2.24) is 10.1 Å². The largest absolute Gasteiger partial charge is 0.339 e. The Bertz CT molecular complexity index is 1060. The fourth-order valence-corrected chi connectivity index (χ4v) is 3.39. The van der Waals surface area contributed by atoms with E-state index in [1.807, 2.05) is 12.1 Å². The molecule has 28 heavy (non-hydrogen) atoms. The van der Waals surface area contributed by atoms with Crippen molar-refractivity contribution in [2.24, 2.45) is 0 Å². The van der Waals surface area contributed by atoms with Gasteiger partial charge < -0.3 is 9.84 Å². The van der Waals surface area contributed by atoms with Gasteiger partial charge in [0.15, 0.2) is 0 Å². The van der Waals surface area contributed by atoms with Gasteiger partial charge in [-0.15, -0.1) is 0 Å². The summed E-state index contributed by atoms with van der Waals surface area (Å²) in [6, 6.07) is 12.5. The van der Waals surface area contributed by atoms with Crippen molar-refractivity contribution >= 4 is 11.6 Å². The van der Waals surface area contributed by atoms with E-state index in [0.717, 1.165) is 18.9 Å². The zero-order valence-electron chi connectivity index (χ0n) is 15.0. The number of rotatable bonds is 4. The predicted molar refractivity (Wildman–Crippen MR) is 100 cm³/mol. The second-order valence-corrected chi connectivity index (χ2v) is 6.78. The highest BCUT2D eigenvalue weighted by Gasteiger charge is 2.23. The van der Waals surface area contributed by atoms with Gasteiger partial charge in [-0.1, -0.05) is 30.1 Å². The van der Waals surface area contributed by atoms with Crippen LogP contribution in [0.5, 0.6) is 0 Å². The molecule has 0 atom stereocenters. The Morgan fingerprint density at radius 3 is 2.79 bits per heavy atom. The molecule has 1 N–H and O–H groups in total. The average Bonchev–Trinajstić information content (AvgIpc) is 3.39. The van der Waals surface area contributed by atoms with E-state index in [9.17, 15) is 9.18 Å². The molecule has 1 saturated carbocycles. The van der Waals surface area contributed by atoms with Gasteiger partial charge in [-0.2, -0.15) is 10.2 Å². The van der Waals surface area contributed by atoms with Crippen LogP contribution in [-0.4, -0.2) is 16.0 Å². The Balaban J connectivity index is 1.52. The van der Waals surface area contributed by atoms with Crippen LogP contribution in [-0.2, 0) is 0 Å². The van der Waals surface area contributed by atoms with Gasteiger partial charge in [-0.05, 0) is 43.2 Å². The number of hydrogen-bond acceptors (Lipinski definition) is 5. The quantitative estimate of drug-likeness (QED) is 0.715. The standard InChI is InChI=1S/C21H17FN4O2/c22-18-10-13(12-23)8-9-17(18)20(27)24-16-7-3-6-15(11-16)19-25-21(28-26-19)14-4-1-2-5-14/h3,6-11,14H,1-2,4-5H2,(H,24,27). The molecule has 140 valence electrons. The summed E-state index contributed by atoms with van der Waals surface area (Å²) in [6.45, 7) is 0. The number of hydrogen-bond donors (Lipinski definition) is 1. The summed E-state index contributed by atoms with van der Waals surface area (Å²) < 4.78 is 19.4. The minimum atomic E-state index is -0.743. The maximum absolute atomic E-state index is 14.0.